The minimum Gasteiger partial charge on any atom is -0.463 e. The number of carbonyl (C=O) groups excluding carboxylic acids is 3. The molecule has 0 saturated carbocycles. The van der Waals surface area contributed by atoms with Crippen LogP contribution < -0.4 is 16.9 Å². The Morgan fingerprint density at radius 2 is 1.72 bits per heavy atom. The number of alkyl halides is 1. The Balaban J connectivity index is 2.18. The SMILES string of the molecule is CSCC[C@H](NC(=O)[C@@H](N)Cc1ccccc1)C(=O)N(N)[C@@H](Cc1ccc(F)cc1)C(=O)OCCCl. The van der Waals surface area contributed by atoms with Crippen LogP contribution in [0.3, 0.4) is 0 Å². The molecule has 0 heterocycles. The van der Waals surface area contributed by atoms with Crippen molar-refractivity contribution < 1.29 is 23.5 Å². The third kappa shape index (κ3) is 9.42. The molecule has 0 unspecified atom stereocenters. The lowest BCUT2D eigenvalue weighted by molar-refractivity contribution is -0.156. The minimum absolute atomic E-state index is 0.0135. The number of halogens is 2. The number of amides is 2. The second-order valence-electron chi connectivity index (χ2n) is 8.09. The number of thioether (sulfide) groups is 1. The molecule has 2 aromatic carbocycles. The molecule has 11 heteroatoms. The Bertz CT molecular complexity index is 984. The molecule has 5 N–H and O–H groups in total. The Labute approximate surface area is 219 Å². The summed E-state index contributed by atoms with van der Waals surface area (Å²) in [7, 11) is 0. The Hall–Kier alpha value is -2.66. The van der Waals surface area contributed by atoms with E-state index in [0.29, 0.717) is 17.7 Å². The second kappa shape index (κ2) is 15.5. The van der Waals surface area contributed by atoms with Crippen molar-refractivity contribution in [1.82, 2.24) is 10.3 Å². The number of rotatable bonds is 14. The zero-order valence-electron chi connectivity index (χ0n) is 20.1. The van der Waals surface area contributed by atoms with Crippen LogP contribution in [0.1, 0.15) is 17.5 Å². The number of nitrogens with two attached hydrogens (primary N) is 2. The molecule has 8 nitrogen and oxygen atoms in total. The normalized spacial score (nSPS) is 13.4. The highest BCUT2D eigenvalue weighted by Crippen LogP contribution is 2.13. The van der Waals surface area contributed by atoms with Crippen molar-refractivity contribution in [3.8, 4) is 0 Å². The van der Waals surface area contributed by atoms with Gasteiger partial charge in [0.15, 0.2) is 0 Å². The van der Waals surface area contributed by atoms with E-state index in [1.807, 2.05) is 36.6 Å². The highest BCUT2D eigenvalue weighted by Gasteiger charge is 2.34. The van der Waals surface area contributed by atoms with Crippen LogP contribution in [-0.2, 0) is 32.0 Å². The van der Waals surface area contributed by atoms with Crippen molar-refractivity contribution in [3.05, 3.63) is 71.5 Å². The first kappa shape index (κ1) is 29.6. The molecule has 2 amide bonds. The van der Waals surface area contributed by atoms with Crippen molar-refractivity contribution in [2.24, 2.45) is 11.6 Å². The molecule has 0 saturated heterocycles. The van der Waals surface area contributed by atoms with E-state index in [9.17, 15) is 18.8 Å². The maximum absolute atomic E-state index is 13.4. The van der Waals surface area contributed by atoms with Crippen LogP contribution in [0.25, 0.3) is 0 Å². The van der Waals surface area contributed by atoms with E-state index >= 15 is 0 Å². The third-order valence-electron chi connectivity index (χ3n) is 5.39. The first-order valence-electron chi connectivity index (χ1n) is 11.4. The molecule has 3 atom stereocenters. The first-order valence-corrected chi connectivity index (χ1v) is 13.3. The predicted octanol–water partition coefficient (Wildman–Crippen LogP) is 2.03. The van der Waals surface area contributed by atoms with Crippen LogP contribution in [-0.4, -0.2) is 65.4 Å². The van der Waals surface area contributed by atoms with Crippen molar-refractivity contribution >= 4 is 41.1 Å². The summed E-state index contributed by atoms with van der Waals surface area (Å²) in [5.41, 5.74) is 7.54. The van der Waals surface area contributed by atoms with Crippen molar-refractivity contribution in [2.45, 2.75) is 37.4 Å². The van der Waals surface area contributed by atoms with Gasteiger partial charge in [-0.05, 0) is 48.1 Å². The van der Waals surface area contributed by atoms with Gasteiger partial charge in [-0.15, -0.1) is 11.6 Å². The molecule has 0 spiro atoms. The molecular weight excluding hydrogens is 507 g/mol. The van der Waals surface area contributed by atoms with Crippen LogP contribution >= 0.6 is 23.4 Å². The van der Waals surface area contributed by atoms with Crippen molar-refractivity contribution in [3.63, 3.8) is 0 Å². The number of ether oxygens (including phenoxy) is 1. The molecule has 0 aliphatic heterocycles. The number of esters is 1. The standard InChI is InChI=1S/C25H32ClFN4O4S/c1-36-14-11-21(30-23(32)20(28)15-17-5-3-2-4-6-17)24(33)31(29)22(25(34)35-13-12-26)16-18-7-9-19(27)10-8-18/h2-10,20-22H,11-16,28-29H2,1H3,(H,30,32)/t20-,21-,22-/m0/s1. The Kier molecular flexibility index (Phi) is 12.7. The number of nitrogens with one attached hydrogen (secondary N) is 1. The Morgan fingerprint density at radius 3 is 2.33 bits per heavy atom. The van der Waals surface area contributed by atoms with Crippen molar-refractivity contribution in [1.29, 1.82) is 0 Å². The summed E-state index contributed by atoms with van der Waals surface area (Å²) >= 11 is 7.12. The van der Waals surface area contributed by atoms with E-state index < -0.39 is 41.7 Å². The molecule has 196 valence electrons. The van der Waals surface area contributed by atoms with E-state index in [2.05, 4.69) is 5.32 Å². The fourth-order valence-corrected chi connectivity index (χ4v) is 3.99. The lowest BCUT2D eigenvalue weighted by Gasteiger charge is -2.30. The van der Waals surface area contributed by atoms with E-state index in [4.69, 9.17) is 27.9 Å². The topological polar surface area (TPSA) is 128 Å². The number of benzene rings is 2. The van der Waals surface area contributed by atoms with Gasteiger partial charge >= 0.3 is 5.97 Å². The van der Waals surface area contributed by atoms with E-state index in [1.165, 1.54) is 36.0 Å². The summed E-state index contributed by atoms with van der Waals surface area (Å²) < 4.78 is 18.5. The fraction of sp³-hybridized carbons (Fsp3) is 0.400. The molecule has 0 bridgehead atoms. The van der Waals surface area contributed by atoms with E-state index in [-0.39, 0.29) is 25.3 Å². The fourth-order valence-electron chi connectivity index (χ4n) is 3.44. The average Bonchev–Trinajstić information content (AvgIpc) is 2.88. The van der Waals surface area contributed by atoms with E-state index in [1.54, 1.807) is 0 Å². The first-order chi connectivity index (χ1) is 17.3. The predicted molar refractivity (Wildman–Crippen MR) is 140 cm³/mol. The highest BCUT2D eigenvalue weighted by molar-refractivity contribution is 7.98. The molecule has 2 aromatic rings. The summed E-state index contributed by atoms with van der Waals surface area (Å²) in [5.74, 6) is 4.40. The van der Waals surface area contributed by atoms with Gasteiger partial charge in [-0.2, -0.15) is 11.8 Å². The van der Waals surface area contributed by atoms with Gasteiger partial charge in [0, 0.05) is 6.42 Å². The number of hydrazine groups is 1. The third-order valence-corrected chi connectivity index (χ3v) is 6.18. The summed E-state index contributed by atoms with van der Waals surface area (Å²) in [5, 5.41) is 3.46. The van der Waals surface area contributed by atoms with E-state index in [0.717, 1.165) is 10.6 Å². The van der Waals surface area contributed by atoms with Crippen molar-refractivity contribution in [2.75, 3.05) is 24.5 Å². The Morgan fingerprint density at radius 1 is 1.08 bits per heavy atom. The summed E-state index contributed by atoms with van der Waals surface area (Å²) in [6, 6.07) is 11.7. The van der Waals surface area contributed by atoms with Crippen LogP contribution in [0.4, 0.5) is 4.39 Å². The smallest absolute Gasteiger partial charge is 0.330 e. The molecule has 0 fully saturated rings. The van der Waals surface area contributed by atoms with Crippen LogP contribution in [0.5, 0.6) is 0 Å². The quantitative estimate of drug-likeness (QED) is 0.110. The van der Waals surface area contributed by atoms with Gasteiger partial charge in [-0.1, -0.05) is 42.5 Å². The van der Waals surface area contributed by atoms with Gasteiger partial charge in [0.2, 0.25) is 5.91 Å². The number of hydrogen-bond donors (Lipinski definition) is 3. The van der Waals surface area contributed by atoms with Gasteiger partial charge in [0.1, 0.15) is 24.5 Å². The molecule has 0 aromatic heterocycles. The average molecular weight is 539 g/mol. The van der Waals surface area contributed by atoms with Crippen LogP contribution in [0.2, 0.25) is 0 Å². The van der Waals surface area contributed by atoms with Gasteiger partial charge in [0.25, 0.3) is 5.91 Å². The minimum atomic E-state index is -1.21. The molecular formula is C25H32ClFN4O4S. The number of carbonyl (C=O) groups is 3. The van der Waals surface area contributed by atoms with Crippen LogP contribution in [0.15, 0.2) is 54.6 Å². The van der Waals surface area contributed by atoms with Crippen LogP contribution in [0, 0.1) is 5.82 Å². The summed E-state index contributed by atoms with van der Waals surface area (Å²) in [6.45, 7) is -0.0662. The monoisotopic (exact) mass is 538 g/mol. The molecule has 0 aliphatic rings. The molecule has 0 radical (unpaired) electrons. The highest BCUT2D eigenvalue weighted by atomic mass is 35.5. The molecule has 0 aliphatic carbocycles. The zero-order valence-corrected chi connectivity index (χ0v) is 21.6. The number of hydrogen-bond acceptors (Lipinski definition) is 7. The molecule has 2 rings (SSSR count). The largest absolute Gasteiger partial charge is 0.463 e. The lowest BCUT2D eigenvalue weighted by atomic mass is 10.0. The van der Waals surface area contributed by atoms with Gasteiger partial charge in [-0.3, -0.25) is 14.6 Å². The zero-order chi connectivity index (χ0) is 26.5. The van der Waals surface area contributed by atoms with Gasteiger partial charge in [-0.25, -0.2) is 15.0 Å². The van der Waals surface area contributed by atoms with Gasteiger partial charge < -0.3 is 15.8 Å². The molecule has 36 heavy (non-hydrogen) atoms. The maximum atomic E-state index is 13.4. The summed E-state index contributed by atoms with van der Waals surface area (Å²) in [4.78, 5) is 38.9. The summed E-state index contributed by atoms with van der Waals surface area (Å²) in [6.07, 6.45) is 2.42. The van der Waals surface area contributed by atoms with Gasteiger partial charge in [0.05, 0.1) is 11.9 Å². The number of nitrogens with zero attached hydrogens (tertiary/aromatic N) is 1. The second-order valence-corrected chi connectivity index (χ2v) is 9.45. The maximum Gasteiger partial charge on any atom is 0.330 e. The lowest BCUT2D eigenvalue weighted by Crippen LogP contribution is -2.59.